The number of aromatic amines is 1. The maximum absolute atomic E-state index is 13.9. The van der Waals surface area contributed by atoms with Crippen LogP contribution in [0.15, 0.2) is 30.3 Å². The molecule has 5 heteroatoms. The Bertz CT molecular complexity index is 619. The summed E-state index contributed by atoms with van der Waals surface area (Å²) in [5.41, 5.74) is 2.77. The van der Waals surface area contributed by atoms with Crippen molar-refractivity contribution >= 4 is 0 Å². The molecular weight excluding hydrogens is 293 g/mol. The number of nitrogens with one attached hydrogen (secondary N) is 1. The fourth-order valence-corrected chi connectivity index (χ4v) is 2.37. The summed E-state index contributed by atoms with van der Waals surface area (Å²) in [5.74, 6) is -0.171. The van der Waals surface area contributed by atoms with Gasteiger partial charge in [0.05, 0.1) is 12.3 Å². The minimum Gasteiger partial charge on any atom is -0.383 e. The molecule has 1 N–H and O–H groups in total. The first kappa shape index (κ1) is 17.6. The SMILES string of the molecule is COCCN(Cc1cc(C(C)(C)C)n[nH]1)Cc1ccccc1F. The van der Waals surface area contributed by atoms with Gasteiger partial charge < -0.3 is 4.74 Å². The van der Waals surface area contributed by atoms with Crippen molar-refractivity contribution in [3.8, 4) is 0 Å². The van der Waals surface area contributed by atoms with Gasteiger partial charge in [-0.05, 0) is 12.1 Å². The maximum atomic E-state index is 13.9. The van der Waals surface area contributed by atoms with Gasteiger partial charge in [-0.1, -0.05) is 39.0 Å². The Labute approximate surface area is 137 Å². The zero-order chi connectivity index (χ0) is 16.9. The molecule has 2 aromatic rings. The second-order valence-electron chi connectivity index (χ2n) is 6.82. The predicted octanol–water partition coefficient (Wildman–Crippen LogP) is 3.49. The number of halogens is 1. The fourth-order valence-electron chi connectivity index (χ4n) is 2.37. The van der Waals surface area contributed by atoms with E-state index in [0.29, 0.717) is 25.3 Å². The topological polar surface area (TPSA) is 41.1 Å². The van der Waals surface area contributed by atoms with Crippen LogP contribution in [-0.4, -0.2) is 35.4 Å². The number of methoxy groups -OCH3 is 1. The average molecular weight is 319 g/mol. The third kappa shape index (κ3) is 5.15. The summed E-state index contributed by atoms with van der Waals surface area (Å²) < 4.78 is 19.1. The van der Waals surface area contributed by atoms with E-state index in [2.05, 4.69) is 41.9 Å². The second-order valence-corrected chi connectivity index (χ2v) is 6.82. The van der Waals surface area contributed by atoms with Gasteiger partial charge in [0.15, 0.2) is 0 Å². The van der Waals surface area contributed by atoms with Crippen LogP contribution in [0.4, 0.5) is 4.39 Å². The van der Waals surface area contributed by atoms with E-state index in [0.717, 1.165) is 17.9 Å². The summed E-state index contributed by atoms with van der Waals surface area (Å²) in [6, 6.07) is 8.98. The zero-order valence-corrected chi connectivity index (χ0v) is 14.4. The molecule has 1 aromatic heterocycles. The Morgan fingerprint density at radius 1 is 1.22 bits per heavy atom. The predicted molar refractivity (Wildman–Crippen MR) is 89.7 cm³/mol. The lowest BCUT2D eigenvalue weighted by atomic mass is 9.92. The van der Waals surface area contributed by atoms with Gasteiger partial charge in [0.1, 0.15) is 5.82 Å². The van der Waals surface area contributed by atoms with Crippen LogP contribution in [-0.2, 0) is 23.2 Å². The standard InChI is InChI=1S/C18H26FN3O/c1-18(2,3)17-11-15(20-21-17)13-22(9-10-23-4)12-14-7-5-6-8-16(14)19/h5-8,11H,9-10,12-13H2,1-4H3,(H,20,21). The highest BCUT2D eigenvalue weighted by molar-refractivity contribution is 5.18. The Hall–Kier alpha value is -1.72. The van der Waals surface area contributed by atoms with Crippen LogP contribution in [0, 0.1) is 5.82 Å². The molecule has 126 valence electrons. The smallest absolute Gasteiger partial charge is 0.127 e. The molecule has 0 aliphatic rings. The van der Waals surface area contributed by atoms with E-state index in [1.807, 2.05) is 12.1 Å². The quantitative estimate of drug-likeness (QED) is 0.849. The van der Waals surface area contributed by atoms with Crippen LogP contribution >= 0.6 is 0 Å². The fraction of sp³-hybridized carbons (Fsp3) is 0.500. The molecular formula is C18H26FN3O. The van der Waals surface area contributed by atoms with Gasteiger partial charge in [0.2, 0.25) is 0 Å². The highest BCUT2D eigenvalue weighted by Crippen LogP contribution is 2.21. The van der Waals surface area contributed by atoms with Crippen molar-refractivity contribution < 1.29 is 9.13 Å². The van der Waals surface area contributed by atoms with Crippen LogP contribution in [0.3, 0.4) is 0 Å². The minimum absolute atomic E-state index is 0.0116. The summed E-state index contributed by atoms with van der Waals surface area (Å²) in [6.45, 7) is 8.96. The lowest BCUT2D eigenvalue weighted by Crippen LogP contribution is -2.27. The molecule has 0 unspecified atom stereocenters. The highest BCUT2D eigenvalue weighted by atomic mass is 19.1. The molecule has 0 spiro atoms. The van der Waals surface area contributed by atoms with Gasteiger partial charge >= 0.3 is 0 Å². The summed E-state index contributed by atoms with van der Waals surface area (Å²) in [7, 11) is 1.68. The van der Waals surface area contributed by atoms with Crippen LogP contribution < -0.4 is 0 Å². The summed E-state index contributed by atoms with van der Waals surface area (Å²) in [6.07, 6.45) is 0. The first-order valence-corrected chi connectivity index (χ1v) is 7.89. The molecule has 0 saturated heterocycles. The normalized spacial score (nSPS) is 12.1. The summed E-state index contributed by atoms with van der Waals surface area (Å²) >= 11 is 0. The Morgan fingerprint density at radius 3 is 2.57 bits per heavy atom. The number of rotatable bonds is 7. The van der Waals surface area contributed by atoms with E-state index < -0.39 is 0 Å². The van der Waals surface area contributed by atoms with Gasteiger partial charge in [-0.25, -0.2) is 4.39 Å². The van der Waals surface area contributed by atoms with Crippen molar-refractivity contribution in [2.24, 2.45) is 0 Å². The Kier molecular flexibility index (Phi) is 5.91. The van der Waals surface area contributed by atoms with Crippen molar-refractivity contribution in [2.75, 3.05) is 20.3 Å². The van der Waals surface area contributed by atoms with Crippen LogP contribution in [0.5, 0.6) is 0 Å². The molecule has 0 saturated carbocycles. The third-order valence-corrected chi connectivity index (χ3v) is 3.76. The molecule has 23 heavy (non-hydrogen) atoms. The average Bonchev–Trinajstić information content (AvgIpc) is 2.96. The second kappa shape index (κ2) is 7.70. The largest absolute Gasteiger partial charge is 0.383 e. The first-order valence-electron chi connectivity index (χ1n) is 7.89. The molecule has 1 heterocycles. The van der Waals surface area contributed by atoms with Gasteiger partial charge in [-0.15, -0.1) is 0 Å². The molecule has 0 atom stereocenters. The number of benzene rings is 1. The monoisotopic (exact) mass is 319 g/mol. The number of H-pyrrole nitrogens is 1. The van der Waals surface area contributed by atoms with Crippen molar-refractivity contribution in [3.63, 3.8) is 0 Å². The highest BCUT2D eigenvalue weighted by Gasteiger charge is 2.18. The van der Waals surface area contributed by atoms with Gasteiger partial charge in [-0.2, -0.15) is 5.10 Å². The summed E-state index contributed by atoms with van der Waals surface area (Å²) in [5, 5.41) is 7.48. The van der Waals surface area contributed by atoms with Crippen LogP contribution in [0.25, 0.3) is 0 Å². The molecule has 2 rings (SSSR count). The number of aromatic nitrogens is 2. The molecule has 0 radical (unpaired) electrons. The molecule has 0 amide bonds. The molecule has 1 aromatic carbocycles. The maximum Gasteiger partial charge on any atom is 0.127 e. The summed E-state index contributed by atoms with van der Waals surface area (Å²) in [4.78, 5) is 2.15. The van der Waals surface area contributed by atoms with Gasteiger partial charge in [0.25, 0.3) is 0 Å². The Balaban J connectivity index is 2.09. The van der Waals surface area contributed by atoms with Gasteiger partial charge in [0, 0.05) is 43.4 Å². The van der Waals surface area contributed by atoms with Crippen LogP contribution in [0.2, 0.25) is 0 Å². The van der Waals surface area contributed by atoms with Gasteiger partial charge in [-0.3, -0.25) is 10.00 Å². The lowest BCUT2D eigenvalue weighted by Gasteiger charge is -2.21. The molecule has 0 aliphatic heterocycles. The molecule has 4 nitrogen and oxygen atoms in total. The van der Waals surface area contributed by atoms with Crippen LogP contribution in [0.1, 0.15) is 37.7 Å². The lowest BCUT2D eigenvalue weighted by molar-refractivity contribution is 0.138. The van der Waals surface area contributed by atoms with Crippen molar-refractivity contribution in [1.82, 2.24) is 15.1 Å². The van der Waals surface area contributed by atoms with E-state index >= 15 is 0 Å². The molecule has 0 aliphatic carbocycles. The minimum atomic E-state index is -0.171. The first-order chi connectivity index (χ1) is 10.9. The molecule has 0 fully saturated rings. The van der Waals surface area contributed by atoms with E-state index in [9.17, 15) is 4.39 Å². The van der Waals surface area contributed by atoms with Crippen molar-refractivity contribution in [3.05, 3.63) is 53.1 Å². The van der Waals surface area contributed by atoms with Crippen molar-refractivity contribution in [1.29, 1.82) is 0 Å². The van der Waals surface area contributed by atoms with E-state index in [4.69, 9.17) is 4.74 Å². The Morgan fingerprint density at radius 2 is 1.96 bits per heavy atom. The van der Waals surface area contributed by atoms with E-state index in [1.54, 1.807) is 13.2 Å². The van der Waals surface area contributed by atoms with Crippen molar-refractivity contribution in [2.45, 2.75) is 39.3 Å². The molecule has 0 bridgehead atoms. The third-order valence-electron chi connectivity index (χ3n) is 3.76. The van der Waals surface area contributed by atoms with E-state index in [-0.39, 0.29) is 11.2 Å². The number of nitrogens with zero attached hydrogens (tertiary/aromatic N) is 2. The number of hydrogen-bond donors (Lipinski definition) is 1. The number of ether oxygens (including phenoxy) is 1. The zero-order valence-electron chi connectivity index (χ0n) is 14.4. The van der Waals surface area contributed by atoms with E-state index in [1.165, 1.54) is 6.07 Å². The number of hydrogen-bond acceptors (Lipinski definition) is 3.